The van der Waals surface area contributed by atoms with Gasteiger partial charge >= 0.3 is 6.18 Å². The largest absolute Gasteiger partial charge is 0.496 e. The number of carbonyl (C=O) groups is 1. The number of aromatic amines is 1. The van der Waals surface area contributed by atoms with Crippen molar-refractivity contribution in [1.29, 1.82) is 0 Å². The molecule has 0 radical (unpaired) electrons. The molecule has 0 fully saturated rings. The van der Waals surface area contributed by atoms with Gasteiger partial charge in [0.15, 0.2) is 0 Å². The molecule has 0 saturated carbocycles. The molecule has 0 aliphatic rings. The van der Waals surface area contributed by atoms with Gasteiger partial charge in [-0.2, -0.15) is 13.2 Å². The van der Waals surface area contributed by atoms with Gasteiger partial charge in [-0.05, 0) is 29.8 Å². The number of methoxy groups -OCH3 is 1. The van der Waals surface area contributed by atoms with Crippen molar-refractivity contribution in [2.45, 2.75) is 12.8 Å². The van der Waals surface area contributed by atoms with Gasteiger partial charge < -0.3 is 20.2 Å². The lowest BCUT2D eigenvalue weighted by molar-refractivity contribution is -0.140. The van der Waals surface area contributed by atoms with Gasteiger partial charge in [0, 0.05) is 23.5 Å². The number of H-pyrrole nitrogens is 1. The molecule has 10 heteroatoms. The SMILES string of the molecule is COc1ccncc1COc1ccc(-c2cc(C(N)=O)c(=O)[nH]c2C(F)(F)F)cc1. The monoisotopic (exact) mass is 419 g/mol. The van der Waals surface area contributed by atoms with Crippen LogP contribution in [0, 0.1) is 0 Å². The molecule has 0 spiro atoms. The van der Waals surface area contributed by atoms with Gasteiger partial charge in [-0.3, -0.25) is 14.6 Å². The van der Waals surface area contributed by atoms with Crippen molar-refractivity contribution in [2.75, 3.05) is 7.11 Å². The number of nitrogens with zero attached hydrogens (tertiary/aromatic N) is 1. The van der Waals surface area contributed by atoms with E-state index in [2.05, 4.69) is 4.98 Å². The van der Waals surface area contributed by atoms with Crippen molar-refractivity contribution in [3.63, 3.8) is 0 Å². The van der Waals surface area contributed by atoms with Crippen LogP contribution in [0.15, 0.2) is 53.6 Å². The van der Waals surface area contributed by atoms with E-state index in [9.17, 15) is 22.8 Å². The van der Waals surface area contributed by atoms with Crippen molar-refractivity contribution in [2.24, 2.45) is 5.73 Å². The third-order valence-electron chi connectivity index (χ3n) is 4.23. The standard InChI is InChI=1S/C20H16F3N3O4/c1-29-16-6-7-25-9-12(16)10-30-13-4-2-11(3-5-13)14-8-15(18(24)27)19(28)26-17(14)20(21,22)23/h2-9H,10H2,1H3,(H2,24,27)(H,26,28). The van der Waals surface area contributed by atoms with E-state index >= 15 is 0 Å². The highest BCUT2D eigenvalue weighted by Gasteiger charge is 2.36. The Bertz CT molecular complexity index is 1130. The fourth-order valence-electron chi connectivity index (χ4n) is 2.78. The zero-order chi connectivity index (χ0) is 21.9. The Morgan fingerprint density at radius 1 is 1.20 bits per heavy atom. The van der Waals surface area contributed by atoms with Gasteiger partial charge in [-0.25, -0.2) is 0 Å². The molecule has 0 unspecified atom stereocenters. The highest BCUT2D eigenvalue weighted by molar-refractivity contribution is 5.94. The molecule has 0 bridgehead atoms. The highest BCUT2D eigenvalue weighted by Crippen LogP contribution is 2.35. The summed E-state index contributed by atoms with van der Waals surface area (Å²) in [6, 6.07) is 8.20. The summed E-state index contributed by atoms with van der Waals surface area (Å²) in [7, 11) is 1.51. The number of nitrogens with one attached hydrogen (secondary N) is 1. The molecule has 2 heterocycles. The minimum Gasteiger partial charge on any atom is -0.496 e. The number of carbonyl (C=O) groups excluding carboxylic acids is 1. The van der Waals surface area contributed by atoms with Crippen LogP contribution in [0.5, 0.6) is 11.5 Å². The first-order valence-electron chi connectivity index (χ1n) is 8.55. The van der Waals surface area contributed by atoms with Gasteiger partial charge in [-0.1, -0.05) is 12.1 Å². The number of pyridine rings is 2. The number of hydrogen-bond acceptors (Lipinski definition) is 5. The van der Waals surface area contributed by atoms with Crippen molar-refractivity contribution in [3.8, 4) is 22.6 Å². The van der Waals surface area contributed by atoms with Gasteiger partial charge in [0.1, 0.15) is 29.4 Å². The summed E-state index contributed by atoms with van der Waals surface area (Å²) >= 11 is 0. The lowest BCUT2D eigenvalue weighted by atomic mass is 10.0. The van der Waals surface area contributed by atoms with Crippen LogP contribution >= 0.6 is 0 Å². The molecular weight excluding hydrogens is 403 g/mol. The second kappa shape index (κ2) is 8.27. The number of hydrogen-bond donors (Lipinski definition) is 2. The summed E-state index contributed by atoms with van der Waals surface area (Å²) in [4.78, 5) is 28.8. The first kappa shape index (κ1) is 20.9. The zero-order valence-electron chi connectivity index (χ0n) is 15.6. The van der Waals surface area contributed by atoms with E-state index in [1.807, 2.05) is 0 Å². The summed E-state index contributed by atoms with van der Waals surface area (Å²) in [6.07, 6.45) is -1.69. The smallest absolute Gasteiger partial charge is 0.431 e. The second-order valence-corrected chi connectivity index (χ2v) is 6.16. The van der Waals surface area contributed by atoms with Crippen LogP contribution in [-0.2, 0) is 12.8 Å². The Hall–Kier alpha value is -3.82. The highest BCUT2D eigenvalue weighted by atomic mass is 19.4. The van der Waals surface area contributed by atoms with Crippen LogP contribution in [0.2, 0.25) is 0 Å². The van der Waals surface area contributed by atoms with Gasteiger partial charge in [0.25, 0.3) is 11.5 Å². The quantitative estimate of drug-likeness (QED) is 0.638. The van der Waals surface area contributed by atoms with E-state index in [1.54, 1.807) is 23.4 Å². The summed E-state index contributed by atoms with van der Waals surface area (Å²) in [5.74, 6) is -0.155. The zero-order valence-corrected chi connectivity index (χ0v) is 15.6. The normalized spacial score (nSPS) is 11.2. The average molecular weight is 419 g/mol. The fraction of sp³-hybridized carbons (Fsp3) is 0.150. The van der Waals surface area contributed by atoms with Crippen molar-refractivity contribution < 1.29 is 27.4 Å². The van der Waals surface area contributed by atoms with Crippen molar-refractivity contribution in [3.05, 3.63) is 76.0 Å². The topological polar surface area (TPSA) is 107 Å². The maximum atomic E-state index is 13.4. The van der Waals surface area contributed by atoms with Crippen LogP contribution in [0.1, 0.15) is 21.6 Å². The Kier molecular flexibility index (Phi) is 5.77. The number of halogens is 3. The summed E-state index contributed by atoms with van der Waals surface area (Å²) in [5, 5.41) is 0. The lowest BCUT2D eigenvalue weighted by Gasteiger charge is -2.14. The van der Waals surface area contributed by atoms with Crippen LogP contribution in [0.4, 0.5) is 13.2 Å². The Labute approximate surface area is 168 Å². The molecule has 3 rings (SSSR count). The van der Waals surface area contributed by atoms with Gasteiger partial charge in [-0.15, -0.1) is 0 Å². The number of rotatable bonds is 6. The van der Waals surface area contributed by atoms with E-state index in [0.717, 1.165) is 6.07 Å². The number of alkyl halides is 3. The minimum atomic E-state index is -4.84. The molecule has 0 aliphatic carbocycles. The van der Waals surface area contributed by atoms with Gasteiger partial charge in [0.05, 0.1) is 7.11 Å². The van der Waals surface area contributed by atoms with Crippen molar-refractivity contribution in [1.82, 2.24) is 9.97 Å². The van der Waals surface area contributed by atoms with Crippen LogP contribution in [-0.4, -0.2) is 23.0 Å². The van der Waals surface area contributed by atoms with E-state index in [1.165, 1.54) is 31.4 Å². The number of amides is 1. The molecular formula is C20H16F3N3O4. The number of nitrogens with two attached hydrogens (primary N) is 1. The third kappa shape index (κ3) is 4.43. The molecule has 156 valence electrons. The second-order valence-electron chi connectivity index (χ2n) is 6.16. The lowest BCUT2D eigenvalue weighted by Crippen LogP contribution is -2.27. The van der Waals surface area contributed by atoms with Crippen LogP contribution < -0.4 is 20.8 Å². The number of primary amides is 1. The molecule has 1 amide bonds. The van der Waals surface area contributed by atoms with Crippen LogP contribution in [0.25, 0.3) is 11.1 Å². The maximum Gasteiger partial charge on any atom is 0.431 e. The average Bonchev–Trinajstić information content (AvgIpc) is 2.71. The van der Waals surface area contributed by atoms with E-state index < -0.39 is 28.9 Å². The van der Waals surface area contributed by atoms with E-state index in [4.69, 9.17) is 15.2 Å². The molecule has 0 atom stereocenters. The molecule has 2 aromatic heterocycles. The summed E-state index contributed by atoms with van der Waals surface area (Å²) < 4.78 is 51.0. The molecule has 1 aromatic carbocycles. The first-order chi connectivity index (χ1) is 14.2. The van der Waals surface area contributed by atoms with Gasteiger partial charge in [0.2, 0.25) is 0 Å². The number of benzene rings is 1. The molecule has 0 saturated heterocycles. The fourth-order valence-corrected chi connectivity index (χ4v) is 2.78. The predicted molar refractivity (Wildman–Crippen MR) is 101 cm³/mol. The molecule has 30 heavy (non-hydrogen) atoms. The summed E-state index contributed by atoms with van der Waals surface area (Å²) in [6.45, 7) is 0.134. The summed E-state index contributed by atoms with van der Waals surface area (Å²) in [5.41, 5.74) is 2.47. The maximum absolute atomic E-state index is 13.4. The van der Waals surface area contributed by atoms with E-state index in [0.29, 0.717) is 17.1 Å². The Morgan fingerprint density at radius 2 is 1.90 bits per heavy atom. The van der Waals surface area contributed by atoms with E-state index in [-0.39, 0.29) is 17.7 Å². The minimum absolute atomic E-state index is 0.118. The molecule has 0 aliphatic heterocycles. The number of aromatic nitrogens is 2. The Morgan fingerprint density at radius 3 is 2.50 bits per heavy atom. The van der Waals surface area contributed by atoms with Crippen LogP contribution in [0.3, 0.4) is 0 Å². The third-order valence-corrected chi connectivity index (χ3v) is 4.23. The number of ether oxygens (including phenoxy) is 2. The first-order valence-corrected chi connectivity index (χ1v) is 8.55. The molecule has 3 N–H and O–H groups in total. The predicted octanol–water partition coefficient (Wildman–Crippen LogP) is 3.14. The van der Waals surface area contributed by atoms with Crippen molar-refractivity contribution >= 4 is 5.91 Å². The molecule has 7 nitrogen and oxygen atoms in total. The molecule has 3 aromatic rings. The Balaban J connectivity index is 1.91.